The van der Waals surface area contributed by atoms with Gasteiger partial charge in [-0.3, -0.25) is 0 Å². The van der Waals surface area contributed by atoms with Gasteiger partial charge >= 0.3 is 0 Å². The molecular weight excluding hydrogens is 226 g/mol. The van der Waals surface area contributed by atoms with Crippen LogP contribution in [0.25, 0.3) is 0 Å². The van der Waals surface area contributed by atoms with E-state index in [1.807, 2.05) is 49.4 Å². The van der Waals surface area contributed by atoms with Gasteiger partial charge in [0.25, 0.3) is 0 Å². The van der Waals surface area contributed by atoms with Gasteiger partial charge < -0.3 is 15.2 Å². The Morgan fingerprint density at radius 3 is 2.56 bits per heavy atom. The molecule has 0 heterocycles. The highest BCUT2D eigenvalue weighted by Gasteiger charge is 2.01. The van der Waals surface area contributed by atoms with Gasteiger partial charge in [-0.15, -0.1) is 0 Å². The van der Waals surface area contributed by atoms with Crippen LogP contribution in [0.5, 0.6) is 11.5 Å². The molecule has 0 aliphatic rings. The first-order chi connectivity index (χ1) is 8.69. The Labute approximate surface area is 107 Å². The fourth-order valence-electron chi connectivity index (χ4n) is 1.71. The van der Waals surface area contributed by atoms with Gasteiger partial charge in [-0.25, -0.2) is 0 Å². The van der Waals surface area contributed by atoms with Gasteiger partial charge in [0.05, 0.1) is 6.61 Å². The van der Waals surface area contributed by atoms with Gasteiger partial charge in [0.1, 0.15) is 11.5 Å². The molecule has 2 aromatic carbocycles. The van der Waals surface area contributed by atoms with E-state index in [9.17, 15) is 0 Å². The number of hydrogen-bond donors (Lipinski definition) is 1. The van der Waals surface area contributed by atoms with Crippen molar-refractivity contribution in [1.82, 2.24) is 0 Å². The van der Waals surface area contributed by atoms with Crippen molar-refractivity contribution in [3.8, 4) is 11.5 Å². The second-order valence-electron chi connectivity index (χ2n) is 4.20. The summed E-state index contributed by atoms with van der Waals surface area (Å²) in [6, 6.07) is 13.5. The van der Waals surface area contributed by atoms with Gasteiger partial charge in [-0.05, 0) is 48.4 Å². The van der Waals surface area contributed by atoms with Crippen LogP contribution in [0, 0.1) is 6.92 Å². The van der Waals surface area contributed by atoms with Gasteiger partial charge in [0, 0.05) is 12.8 Å². The van der Waals surface area contributed by atoms with Crippen molar-refractivity contribution in [2.75, 3.05) is 12.8 Å². The smallest absolute Gasteiger partial charge is 0.127 e. The van der Waals surface area contributed by atoms with E-state index in [0.717, 1.165) is 28.3 Å². The van der Waals surface area contributed by atoms with E-state index < -0.39 is 0 Å². The number of ether oxygens (including phenoxy) is 2. The van der Waals surface area contributed by atoms with Crippen molar-refractivity contribution >= 4 is 5.69 Å². The van der Waals surface area contributed by atoms with Crippen LogP contribution in [-0.2, 0) is 11.3 Å². The average Bonchev–Trinajstić information content (AvgIpc) is 2.35. The third-order valence-corrected chi connectivity index (χ3v) is 2.69. The van der Waals surface area contributed by atoms with Crippen LogP contribution in [-0.4, -0.2) is 7.11 Å². The molecule has 94 valence electrons. The van der Waals surface area contributed by atoms with Crippen LogP contribution >= 0.6 is 0 Å². The Kier molecular flexibility index (Phi) is 3.85. The lowest BCUT2D eigenvalue weighted by molar-refractivity contribution is 0.184. The Balaban J connectivity index is 2.17. The number of hydrogen-bond acceptors (Lipinski definition) is 3. The highest BCUT2D eigenvalue weighted by Crippen LogP contribution is 2.25. The van der Waals surface area contributed by atoms with Crippen LogP contribution in [0.4, 0.5) is 5.69 Å². The van der Waals surface area contributed by atoms with E-state index in [-0.39, 0.29) is 0 Å². The lowest BCUT2D eigenvalue weighted by Gasteiger charge is -2.09. The lowest BCUT2D eigenvalue weighted by Crippen LogP contribution is -1.92. The number of nitrogens with two attached hydrogens (primary N) is 1. The van der Waals surface area contributed by atoms with Gasteiger partial charge in [-0.1, -0.05) is 12.1 Å². The Hall–Kier alpha value is -2.00. The molecule has 3 nitrogen and oxygen atoms in total. The number of nitrogen functional groups attached to an aromatic ring is 1. The number of methoxy groups -OCH3 is 1. The van der Waals surface area contributed by atoms with Crippen molar-refractivity contribution in [2.24, 2.45) is 0 Å². The molecular formula is C15H17NO2. The molecule has 0 aromatic heterocycles. The predicted molar refractivity (Wildman–Crippen MR) is 72.8 cm³/mol. The molecule has 0 amide bonds. The van der Waals surface area contributed by atoms with E-state index in [2.05, 4.69) is 0 Å². The number of benzene rings is 2. The summed E-state index contributed by atoms with van der Waals surface area (Å²) in [4.78, 5) is 0. The standard InChI is InChI=1S/C15H17NO2/c1-11-8-14(6-7-15(11)16)18-13-5-3-4-12(9-13)10-17-2/h3-9H,10,16H2,1-2H3. The van der Waals surface area contributed by atoms with Crippen LogP contribution in [0.2, 0.25) is 0 Å². The summed E-state index contributed by atoms with van der Waals surface area (Å²) in [7, 11) is 1.68. The van der Waals surface area contributed by atoms with E-state index in [0.29, 0.717) is 6.61 Å². The van der Waals surface area contributed by atoms with Crippen molar-refractivity contribution in [3.63, 3.8) is 0 Å². The van der Waals surface area contributed by atoms with Crippen LogP contribution < -0.4 is 10.5 Å². The molecule has 0 bridgehead atoms. The molecule has 0 radical (unpaired) electrons. The summed E-state index contributed by atoms with van der Waals surface area (Å²) in [5, 5.41) is 0. The predicted octanol–water partition coefficient (Wildman–Crippen LogP) is 3.52. The minimum absolute atomic E-state index is 0.581. The summed E-state index contributed by atoms with van der Waals surface area (Å²) in [5.74, 6) is 1.59. The molecule has 2 rings (SSSR count). The number of aryl methyl sites for hydroxylation is 1. The molecule has 2 N–H and O–H groups in total. The summed E-state index contributed by atoms with van der Waals surface area (Å²) in [6.45, 7) is 2.54. The van der Waals surface area contributed by atoms with Crippen molar-refractivity contribution < 1.29 is 9.47 Å². The van der Waals surface area contributed by atoms with E-state index in [1.54, 1.807) is 7.11 Å². The van der Waals surface area contributed by atoms with Crippen molar-refractivity contribution in [1.29, 1.82) is 0 Å². The molecule has 2 aromatic rings. The Morgan fingerprint density at radius 2 is 1.83 bits per heavy atom. The van der Waals surface area contributed by atoms with E-state index in [4.69, 9.17) is 15.2 Å². The van der Waals surface area contributed by atoms with Crippen molar-refractivity contribution in [2.45, 2.75) is 13.5 Å². The maximum Gasteiger partial charge on any atom is 0.127 e. The second-order valence-corrected chi connectivity index (χ2v) is 4.20. The number of anilines is 1. The zero-order valence-corrected chi connectivity index (χ0v) is 10.6. The first kappa shape index (κ1) is 12.5. The molecule has 0 unspecified atom stereocenters. The topological polar surface area (TPSA) is 44.5 Å². The average molecular weight is 243 g/mol. The van der Waals surface area contributed by atoms with E-state index in [1.165, 1.54) is 0 Å². The molecule has 0 fully saturated rings. The number of rotatable bonds is 4. The quantitative estimate of drug-likeness (QED) is 0.836. The summed E-state index contributed by atoms with van der Waals surface area (Å²) in [6.07, 6.45) is 0. The molecule has 0 aliphatic carbocycles. The molecule has 0 atom stereocenters. The molecule has 18 heavy (non-hydrogen) atoms. The lowest BCUT2D eigenvalue weighted by atomic mass is 10.2. The summed E-state index contributed by atoms with van der Waals surface area (Å²) in [5.41, 5.74) is 8.65. The third-order valence-electron chi connectivity index (χ3n) is 2.69. The summed E-state index contributed by atoms with van der Waals surface area (Å²) >= 11 is 0. The van der Waals surface area contributed by atoms with Gasteiger partial charge in [0.15, 0.2) is 0 Å². The second kappa shape index (κ2) is 5.56. The fraction of sp³-hybridized carbons (Fsp3) is 0.200. The van der Waals surface area contributed by atoms with E-state index >= 15 is 0 Å². The molecule has 0 aliphatic heterocycles. The van der Waals surface area contributed by atoms with Gasteiger partial charge in [-0.2, -0.15) is 0 Å². The van der Waals surface area contributed by atoms with Crippen molar-refractivity contribution in [3.05, 3.63) is 53.6 Å². The fourth-order valence-corrected chi connectivity index (χ4v) is 1.71. The zero-order chi connectivity index (χ0) is 13.0. The van der Waals surface area contributed by atoms with Crippen LogP contribution in [0.3, 0.4) is 0 Å². The highest BCUT2D eigenvalue weighted by atomic mass is 16.5. The molecule has 3 heteroatoms. The maximum atomic E-state index is 5.79. The normalized spacial score (nSPS) is 10.3. The largest absolute Gasteiger partial charge is 0.457 e. The zero-order valence-electron chi connectivity index (χ0n) is 10.6. The first-order valence-corrected chi connectivity index (χ1v) is 5.81. The monoisotopic (exact) mass is 243 g/mol. The summed E-state index contributed by atoms with van der Waals surface area (Å²) < 4.78 is 10.9. The molecule has 0 spiro atoms. The molecule has 0 saturated heterocycles. The Morgan fingerprint density at radius 1 is 1.06 bits per heavy atom. The molecule has 0 saturated carbocycles. The van der Waals surface area contributed by atoms with Crippen LogP contribution in [0.1, 0.15) is 11.1 Å². The third kappa shape index (κ3) is 3.02. The Bertz CT molecular complexity index is 538. The van der Waals surface area contributed by atoms with Crippen LogP contribution in [0.15, 0.2) is 42.5 Å². The minimum atomic E-state index is 0.581. The first-order valence-electron chi connectivity index (χ1n) is 5.81. The SMILES string of the molecule is COCc1cccc(Oc2ccc(N)c(C)c2)c1. The minimum Gasteiger partial charge on any atom is -0.457 e. The highest BCUT2D eigenvalue weighted by molar-refractivity contribution is 5.50. The maximum absolute atomic E-state index is 5.79. The van der Waals surface area contributed by atoms with Gasteiger partial charge in [0.2, 0.25) is 0 Å².